The summed E-state index contributed by atoms with van der Waals surface area (Å²) >= 11 is 6.19. The lowest BCUT2D eigenvalue weighted by molar-refractivity contribution is 0.477. The lowest BCUT2D eigenvalue weighted by Gasteiger charge is -2.16. The lowest BCUT2D eigenvalue weighted by atomic mass is 10.1. The van der Waals surface area contributed by atoms with Crippen LogP contribution in [-0.2, 0) is 10.0 Å². The van der Waals surface area contributed by atoms with E-state index >= 15 is 0 Å². The van der Waals surface area contributed by atoms with Crippen LogP contribution >= 0.6 is 11.6 Å². The van der Waals surface area contributed by atoms with Crippen LogP contribution in [0.2, 0.25) is 5.02 Å². The van der Waals surface area contributed by atoms with Gasteiger partial charge in [0.25, 0.3) is 0 Å². The van der Waals surface area contributed by atoms with Crippen molar-refractivity contribution in [1.82, 2.24) is 14.5 Å². The number of rotatable bonds is 4. The van der Waals surface area contributed by atoms with E-state index < -0.39 is 10.0 Å². The van der Waals surface area contributed by atoms with Crippen LogP contribution in [0.5, 0.6) is 0 Å². The number of benzene rings is 2. The van der Waals surface area contributed by atoms with Gasteiger partial charge in [-0.25, -0.2) is 8.42 Å². The third-order valence-corrected chi connectivity index (χ3v) is 6.96. The predicted octanol–water partition coefficient (Wildman–Crippen LogP) is 4.15. The summed E-state index contributed by atoms with van der Waals surface area (Å²) in [6, 6.07) is 12.5. The summed E-state index contributed by atoms with van der Waals surface area (Å²) in [6.45, 7) is 3.03. The molecular formula is C19H18ClN3O3S. The lowest BCUT2D eigenvalue weighted by Crippen LogP contribution is -2.28. The topological polar surface area (TPSA) is 76.3 Å². The molecule has 1 saturated heterocycles. The fourth-order valence-electron chi connectivity index (χ4n) is 3.05. The molecule has 0 spiro atoms. The van der Waals surface area contributed by atoms with Crippen molar-refractivity contribution in [3.63, 3.8) is 0 Å². The summed E-state index contributed by atoms with van der Waals surface area (Å²) in [5.41, 5.74) is 2.45. The van der Waals surface area contributed by atoms with E-state index in [0.717, 1.165) is 24.0 Å². The molecule has 1 aliphatic heterocycles. The normalized spacial score (nSPS) is 15.3. The van der Waals surface area contributed by atoms with Gasteiger partial charge in [0, 0.05) is 24.2 Å². The molecule has 1 aromatic heterocycles. The number of sulfonamides is 1. The Labute approximate surface area is 162 Å². The fourth-order valence-corrected chi connectivity index (χ4v) is 5.07. The fraction of sp³-hybridized carbons (Fsp3) is 0.263. The van der Waals surface area contributed by atoms with Gasteiger partial charge in [-0.3, -0.25) is 0 Å². The van der Waals surface area contributed by atoms with Gasteiger partial charge >= 0.3 is 0 Å². The zero-order chi connectivity index (χ0) is 19.0. The van der Waals surface area contributed by atoms with Crippen molar-refractivity contribution in [3.05, 3.63) is 53.1 Å². The first-order valence-corrected chi connectivity index (χ1v) is 10.5. The molecule has 3 aromatic rings. The Bertz CT molecular complexity index is 1070. The standard InChI is InChI=1S/C19H18ClN3O3S/c1-13-4-6-14(7-5-13)18-21-22-19(26-18)15-8-9-16(20)17(12-15)27(24,25)23-10-2-3-11-23/h4-9,12H,2-3,10-11H2,1H3. The van der Waals surface area contributed by atoms with E-state index in [0.29, 0.717) is 24.5 Å². The highest BCUT2D eigenvalue weighted by molar-refractivity contribution is 7.89. The first-order valence-electron chi connectivity index (χ1n) is 8.66. The maximum atomic E-state index is 12.9. The summed E-state index contributed by atoms with van der Waals surface area (Å²) in [6.07, 6.45) is 1.72. The van der Waals surface area contributed by atoms with Crippen LogP contribution in [0.3, 0.4) is 0 Å². The minimum absolute atomic E-state index is 0.0682. The number of aromatic nitrogens is 2. The molecule has 4 rings (SSSR count). The minimum Gasteiger partial charge on any atom is -0.416 e. The van der Waals surface area contributed by atoms with Gasteiger partial charge < -0.3 is 4.42 Å². The zero-order valence-corrected chi connectivity index (χ0v) is 16.3. The second kappa shape index (κ2) is 7.07. The summed E-state index contributed by atoms with van der Waals surface area (Å²) < 4.78 is 33.0. The average molecular weight is 404 g/mol. The Kier molecular flexibility index (Phi) is 4.75. The van der Waals surface area contributed by atoms with Crippen molar-refractivity contribution in [2.24, 2.45) is 0 Å². The van der Waals surface area contributed by atoms with Crippen LogP contribution in [0.1, 0.15) is 18.4 Å². The first-order chi connectivity index (χ1) is 12.9. The molecule has 0 aliphatic carbocycles. The predicted molar refractivity (Wildman–Crippen MR) is 103 cm³/mol. The molecule has 1 aliphatic rings. The Hall–Kier alpha value is -2.22. The molecule has 0 radical (unpaired) electrons. The highest BCUT2D eigenvalue weighted by Gasteiger charge is 2.29. The van der Waals surface area contributed by atoms with Gasteiger partial charge in [0.05, 0.1) is 5.02 Å². The summed E-state index contributed by atoms with van der Waals surface area (Å²) in [5.74, 6) is 0.629. The smallest absolute Gasteiger partial charge is 0.248 e. The van der Waals surface area contributed by atoms with Crippen molar-refractivity contribution < 1.29 is 12.8 Å². The van der Waals surface area contributed by atoms with E-state index in [2.05, 4.69) is 10.2 Å². The van der Waals surface area contributed by atoms with Crippen LogP contribution < -0.4 is 0 Å². The number of hydrogen-bond acceptors (Lipinski definition) is 5. The van der Waals surface area contributed by atoms with Crippen molar-refractivity contribution in [1.29, 1.82) is 0 Å². The summed E-state index contributed by atoms with van der Waals surface area (Å²) in [5, 5.41) is 8.33. The molecule has 1 fully saturated rings. The van der Waals surface area contributed by atoms with Crippen molar-refractivity contribution in [3.8, 4) is 22.9 Å². The summed E-state index contributed by atoms with van der Waals surface area (Å²) in [4.78, 5) is 0.0682. The maximum Gasteiger partial charge on any atom is 0.248 e. The SMILES string of the molecule is Cc1ccc(-c2nnc(-c3ccc(Cl)c(S(=O)(=O)N4CCCC4)c3)o2)cc1. The molecule has 27 heavy (non-hydrogen) atoms. The molecule has 0 saturated carbocycles. The van der Waals surface area contributed by atoms with Gasteiger partial charge in [0.2, 0.25) is 21.8 Å². The minimum atomic E-state index is -3.64. The highest BCUT2D eigenvalue weighted by atomic mass is 35.5. The summed E-state index contributed by atoms with van der Waals surface area (Å²) in [7, 11) is -3.64. The zero-order valence-electron chi connectivity index (χ0n) is 14.7. The molecule has 0 bridgehead atoms. The molecule has 0 amide bonds. The van der Waals surface area contributed by atoms with Crippen LogP contribution in [0.25, 0.3) is 22.9 Å². The van der Waals surface area contributed by atoms with Gasteiger partial charge in [0.1, 0.15) is 4.90 Å². The number of aryl methyl sites for hydroxylation is 1. The van der Waals surface area contributed by atoms with E-state index in [1.54, 1.807) is 12.1 Å². The Balaban J connectivity index is 1.70. The van der Waals surface area contributed by atoms with Crippen LogP contribution in [-0.4, -0.2) is 36.0 Å². The van der Waals surface area contributed by atoms with Crippen LogP contribution in [0.4, 0.5) is 0 Å². The monoisotopic (exact) mass is 403 g/mol. The quantitative estimate of drug-likeness (QED) is 0.654. The molecule has 0 N–H and O–H groups in total. The van der Waals surface area contributed by atoms with Gasteiger partial charge in [-0.05, 0) is 50.1 Å². The Morgan fingerprint density at radius 1 is 0.963 bits per heavy atom. The van der Waals surface area contributed by atoms with Crippen molar-refractivity contribution in [2.45, 2.75) is 24.7 Å². The molecule has 6 nitrogen and oxygen atoms in total. The molecule has 2 heterocycles. The van der Waals surface area contributed by atoms with Crippen LogP contribution in [0, 0.1) is 6.92 Å². The largest absolute Gasteiger partial charge is 0.416 e. The number of halogens is 1. The number of nitrogens with zero attached hydrogens (tertiary/aromatic N) is 3. The van der Waals surface area contributed by atoms with E-state index in [4.69, 9.17) is 16.0 Å². The first kappa shape index (κ1) is 18.2. The Morgan fingerprint density at radius 2 is 1.56 bits per heavy atom. The number of hydrogen-bond donors (Lipinski definition) is 0. The van der Waals surface area contributed by atoms with Crippen LogP contribution in [0.15, 0.2) is 51.8 Å². The van der Waals surface area contributed by atoms with Gasteiger partial charge in [0.15, 0.2) is 0 Å². The van der Waals surface area contributed by atoms with E-state index in [9.17, 15) is 8.42 Å². The van der Waals surface area contributed by atoms with Crippen molar-refractivity contribution in [2.75, 3.05) is 13.1 Å². The van der Waals surface area contributed by atoms with E-state index in [-0.39, 0.29) is 15.8 Å². The third kappa shape index (κ3) is 3.50. The van der Waals surface area contributed by atoms with Gasteiger partial charge in [-0.1, -0.05) is 29.3 Å². The molecule has 140 valence electrons. The second-order valence-corrected chi connectivity index (χ2v) is 8.85. The molecule has 0 atom stereocenters. The van der Waals surface area contributed by atoms with E-state index in [1.165, 1.54) is 10.4 Å². The molecule has 8 heteroatoms. The highest BCUT2D eigenvalue weighted by Crippen LogP contribution is 2.32. The third-order valence-electron chi connectivity index (χ3n) is 4.58. The average Bonchev–Trinajstić information content (AvgIpc) is 3.35. The molecule has 0 unspecified atom stereocenters. The maximum absolute atomic E-state index is 12.9. The Morgan fingerprint density at radius 3 is 2.22 bits per heavy atom. The molecular weight excluding hydrogens is 386 g/mol. The van der Waals surface area contributed by atoms with E-state index in [1.807, 2.05) is 31.2 Å². The second-order valence-electron chi connectivity index (χ2n) is 6.53. The van der Waals surface area contributed by atoms with Gasteiger partial charge in [-0.15, -0.1) is 10.2 Å². The van der Waals surface area contributed by atoms with Gasteiger partial charge in [-0.2, -0.15) is 4.31 Å². The molecule has 2 aromatic carbocycles. The van der Waals surface area contributed by atoms with Crippen molar-refractivity contribution >= 4 is 21.6 Å².